The molecule has 0 aliphatic rings. The van der Waals surface area contributed by atoms with E-state index in [4.69, 9.17) is 4.74 Å². The summed E-state index contributed by atoms with van der Waals surface area (Å²) in [7, 11) is 0. The van der Waals surface area contributed by atoms with Crippen LogP contribution in [0.3, 0.4) is 0 Å². The van der Waals surface area contributed by atoms with Crippen molar-refractivity contribution >= 4 is 12.4 Å². The fourth-order valence-corrected chi connectivity index (χ4v) is 0.694. The molecular weight excluding hydrogens is 160 g/mol. The Morgan fingerprint density at radius 1 is 1.50 bits per heavy atom. The Balaban J connectivity index is 3.93. The zero-order valence-corrected chi connectivity index (χ0v) is 7.57. The van der Waals surface area contributed by atoms with Gasteiger partial charge in [-0.15, -0.1) is 0 Å². The molecule has 0 aromatic rings. The summed E-state index contributed by atoms with van der Waals surface area (Å²) < 4.78 is 9.33. The zero-order chi connectivity index (χ0) is 9.56. The van der Waals surface area contributed by atoms with E-state index in [1.165, 1.54) is 0 Å². The van der Waals surface area contributed by atoms with E-state index < -0.39 is 12.1 Å². The summed E-state index contributed by atoms with van der Waals surface area (Å²) in [4.78, 5) is 21.0. The van der Waals surface area contributed by atoms with Crippen LogP contribution in [0.15, 0.2) is 0 Å². The minimum absolute atomic E-state index is 0.179. The summed E-state index contributed by atoms with van der Waals surface area (Å²) >= 11 is 0. The van der Waals surface area contributed by atoms with Crippen LogP contribution in [-0.2, 0) is 19.1 Å². The minimum Gasteiger partial charge on any atom is -0.460 e. The van der Waals surface area contributed by atoms with E-state index in [1.54, 1.807) is 20.8 Å². The van der Waals surface area contributed by atoms with Gasteiger partial charge in [0.1, 0.15) is 0 Å². The number of hydrogen-bond donors (Lipinski definition) is 0. The molecule has 0 bridgehead atoms. The Morgan fingerprint density at radius 3 is 2.42 bits per heavy atom. The third kappa shape index (κ3) is 3.95. The van der Waals surface area contributed by atoms with E-state index in [2.05, 4.69) is 4.74 Å². The van der Waals surface area contributed by atoms with Crippen molar-refractivity contribution in [3.05, 3.63) is 0 Å². The molecular formula is C8H14O4. The van der Waals surface area contributed by atoms with Crippen LogP contribution in [-0.4, -0.2) is 24.6 Å². The molecule has 0 spiro atoms. The van der Waals surface area contributed by atoms with Gasteiger partial charge in [0.2, 0.25) is 0 Å². The number of ether oxygens (including phenoxy) is 2. The average molecular weight is 174 g/mol. The van der Waals surface area contributed by atoms with Gasteiger partial charge in [-0.1, -0.05) is 6.92 Å². The van der Waals surface area contributed by atoms with E-state index >= 15 is 0 Å². The smallest absolute Gasteiger partial charge is 0.347 e. The lowest BCUT2D eigenvalue weighted by atomic mass is 10.3. The molecule has 0 aliphatic heterocycles. The van der Waals surface area contributed by atoms with E-state index in [1.807, 2.05) is 0 Å². The monoisotopic (exact) mass is 174 g/mol. The predicted molar refractivity (Wildman–Crippen MR) is 42.5 cm³/mol. The topological polar surface area (TPSA) is 52.6 Å². The first-order valence-corrected chi connectivity index (χ1v) is 3.91. The molecule has 0 aromatic heterocycles. The first-order chi connectivity index (χ1) is 5.61. The third-order valence-corrected chi connectivity index (χ3v) is 1.21. The molecule has 0 radical (unpaired) electrons. The highest BCUT2D eigenvalue weighted by molar-refractivity contribution is 5.75. The molecule has 12 heavy (non-hydrogen) atoms. The molecule has 0 amide bonds. The Kier molecular flexibility index (Phi) is 5.08. The third-order valence-electron chi connectivity index (χ3n) is 1.21. The van der Waals surface area contributed by atoms with Crippen molar-refractivity contribution in [3.63, 3.8) is 0 Å². The Labute approximate surface area is 71.8 Å². The fraction of sp³-hybridized carbons (Fsp3) is 0.750. The number of rotatable bonds is 5. The normalized spacial score (nSPS) is 12.3. The van der Waals surface area contributed by atoms with Crippen LogP contribution < -0.4 is 0 Å². The highest BCUT2D eigenvalue weighted by atomic mass is 16.6. The second kappa shape index (κ2) is 5.57. The SMILES string of the molecule is CCC(OC=O)C(=O)OC(C)C. The van der Waals surface area contributed by atoms with Crippen molar-refractivity contribution in [2.24, 2.45) is 0 Å². The molecule has 0 heterocycles. The van der Waals surface area contributed by atoms with E-state index in [9.17, 15) is 9.59 Å². The highest BCUT2D eigenvalue weighted by Gasteiger charge is 2.19. The largest absolute Gasteiger partial charge is 0.460 e. The maximum absolute atomic E-state index is 11.1. The maximum atomic E-state index is 11.1. The molecule has 0 aromatic carbocycles. The van der Waals surface area contributed by atoms with Gasteiger partial charge in [0.15, 0.2) is 6.10 Å². The van der Waals surface area contributed by atoms with Crippen molar-refractivity contribution in [2.45, 2.75) is 39.4 Å². The Morgan fingerprint density at radius 2 is 2.08 bits per heavy atom. The van der Waals surface area contributed by atoms with Gasteiger partial charge in [-0.3, -0.25) is 4.79 Å². The van der Waals surface area contributed by atoms with Gasteiger partial charge in [-0.2, -0.15) is 0 Å². The van der Waals surface area contributed by atoms with Crippen LogP contribution >= 0.6 is 0 Å². The molecule has 70 valence electrons. The minimum atomic E-state index is -0.759. The number of carbonyl (C=O) groups excluding carboxylic acids is 2. The Hall–Kier alpha value is -1.06. The first-order valence-electron chi connectivity index (χ1n) is 3.91. The summed E-state index contributed by atoms with van der Waals surface area (Å²) in [5.41, 5.74) is 0. The van der Waals surface area contributed by atoms with Crippen LogP contribution in [0.2, 0.25) is 0 Å². The first kappa shape index (κ1) is 10.9. The molecule has 0 aliphatic carbocycles. The summed E-state index contributed by atoms with van der Waals surface area (Å²) in [6.07, 6.45) is -0.503. The Bertz CT molecular complexity index is 153. The van der Waals surface area contributed by atoms with Crippen molar-refractivity contribution in [1.82, 2.24) is 0 Å². The standard InChI is InChI=1S/C8H14O4/c1-4-7(11-5-9)8(10)12-6(2)3/h5-7H,4H2,1-3H3. The van der Waals surface area contributed by atoms with Gasteiger partial charge in [0, 0.05) is 0 Å². The molecule has 0 saturated heterocycles. The average Bonchev–Trinajstić information content (AvgIpc) is 1.98. The lowest BCUT2D eigenvalue weighted by Crippen LogP contribution is -2.27. The highest BCUT2D eigenvalue weighted by Crippen LogP contribution is 2.01. The van der Waals surface area contributed by atoms with Crippen LogP contribution in [0.5, 0.6) is 0 Å². The molecule has 0 N–H and O–H groups in total. The summed E-state index contributed by atoms with van der Waals surface area (Å²) in [6, 6.07) is 0. The second-order valence-electron chi connectivity index (χ2n) is 2.61. The second-order valence-corrected chi connectivity index (χ2v) is 2.61. The van der Waals surface area contributed by atoms with E-state index in [0.29, 0.717) is 6.42 Å². The number of hydrogen-bond acceptors (Lipinski definition) is 4. The van der Waals surface area contributed by atoms with E-state index in [-0.39, 0.29) is 12.6 Å². The summed E-state index contributed by atoms with van der Waals surface area (Å²) in [5.74, 6) is -0.486. The molecule has 4 nitrogen and oxygen atoms in total. The van der Waals surface area contributed by atoms with E-state index in [0.717, 1.165) is 0 Å². The number of esters is 1. The predicted octanol–water partition coefficient (Wildman–Crippen LogP) is 0.890. The van der Waals surface area contributed by atoms with Crippen LogP contribution in [0.1, 0.15) is 27.2 Å². The lowest BCUT2D eigenvalue weighted by molar-refractivity contribution is -0.164. The molecule has 1 unspecified atom stereocenters. The maximum Gasteiger partial charge on any atom is 0.347 e. The fourth-order valence-electron chi connectivity index (χ4n) is 0.694. The molecule has 0 fully saturated rings. The van der Waals surface area contributed by atoms with Crippen molar-refractivity contribution < 1.29 is 19.1 Å². The van der Waals surface area contributed by atoms with Crippen LogP contribution in [0, 0.1) is 0 Å². The molecule has 4 heteroatoms. The quantitative estimate of drug-likeness (QED) is 0.458. The lowest BCUT2D eigenvalue weighted by Gasteiger charge is -2.13. The van der Waals surface area contributed by atoms with Crippen LogP contribution in [0.4, 0.5) is 0 Å². The zero-order valence-electron chi connectivity index (χ0n) is 7.57. The summed E-state index contributed by atoms with van der Waals surface area (Å²) in [6.45, 7) is 5.49. The van der Waals surface area contributed by atoms with Gasteiger partial charge in [0.25, 0.3) is 6.47 Å². The number of carbonyl (C=O) groups is 2. The summed E-state index contributed by atoms with van der Waals surface area (Å²) in [5, 5.41) is 0. The molecule has 1 atom stereocenters. The van der Waals surface area contributed by atoms with Crippen molar-refractivity contribution in [1.29, 1.82) is 0 Å². The van der Waals surface area contributed by atoms with Crippen molar-refractivity contribution in [3.8, 4) is 0 Å². The van der Waals surface area contributed by atoms with Gasteiger partial charge >= 0.3 is 5.97 Å². The van der Waals surface area contributed by atoms with Gasteiger partial charge in [-0.25, -0.2) is 4.79 Å². The van der Waals surface area contributed by atoms with Crippen LogP contribution in [0.25, 0.3) is 0 Å². The molecule has 0 rings (SSSR count). The van der Waals surface area contributed by atoms with Gasteiger partial charge in [0.05, 0.1) is 6.10 Å². The van der Waals surface area contributed by atoms with Crippen molar-refractivity contribution in [2.75, 3.05) is 0 Å². The van der Waals surface area contributed by atoms with Gasteiger partial charge < -0.3 is 9.47 Å². The van der Waals surface area contributed by atoms with Gasteiger partial charge in [-0.05, 0) is 20.3 Å². The molecule has 0 saturated carbocycles.